The molecule has 0 saturated carbocycles. The summed E-state index contributed by atoms with van der Waals surface area (Å²) < 4.78 is 0. The average molecular weight is 243 g/mol. The molecule has 0 aliphatic heterocycles. The van der Waals surface area contributed by atoms with Crippen LogP contribution in [0.5, 0.6) is 0 Å². The lowest BCUT2D eigenvalue weighted by molar-refractivity contribution is 0.858. The zero-order chi connectivity index (χ0) is 13.0. The molecule has 4 N–H and O–H groups in total. The Morgan fingerprint density at radius 3 is 2.50 bits per heavy atom. The molecule has 5 nitrogen and oxygen atoms in total. The molecular weight excluding hydrogens is 226 g/mol. The molecule has 0 aliphatic carbocycles. The van der Waals surface area contributed by atoms with Gasteiger partial charge in [-0.2, -0.15) is 9.97 Å². The molecule has 5 heteroatoms. The molecule has 0 unspecified atom stereocenters. The van der Waals surface area contributed by atoms with E-state index in [9.17, 15) is 0 Å². The Hall–Kier alpha value is -2.30. The summed E-state index contributed by atoms with van der Waals surface area (Å²) in [5, 5.41) is 0. The lowest BCUT2D eigenvalue weighted by Gasteiger charge is -2.18. The van der Waals surface area contributed by atoms with E-state index in [1.807, 2.05) is 30.1 Å². The first kappa shape index (κ1) is 12.2. The molecule has 0 radical (unpaired) electrons. The Bertz CT molecular complexity index is 492. The zero-order valence-electron chi connectivity index (χ0n) is 10.4. The molecule has 18 heavy (non-hydrogen) atoms. The fourth-order valence-corrected chi connectivity index (χ4v) is 1.72. The van der Waals surface area contributed by atoms with E-state index in [-0.39, 0.29) is 5.95 Å². The van der Waals surface area contributed by atoms with Crippen LogP contribution in [0.2, 0.25) is 0 Å². The van der Waals surface area contributed by atoms with Gasteiger partial charge in [0.1, 0.15) is 11.6 Å². The van der Waals surface area contributed by atoms with Gasteiger partial charge in [-0.25, -0.2) is 0 Å². The fourth-order valence-electron chi connectivity index (χ4n) is 1.72. The van der Waals surface area contributed by atoms with Crippen molar-refractivity contribution in [3.8, 4) is 0 Å². The quantitative estimate of drug-likeness (QED) is 0.846. The number of benzene rings is 1. The van der Waals surface area contributed by atoms with Gasteiger partial charge in [-0.05, 0) is 12.0 Å². The maximum Gasteiger partial charge on any atom is 0.223 e. The summed E-state index contributed by atoms with van der Waals surface area (Å²) in [4.78, 5) is 10.0. The minimum Gasteiger partial charge on any atom is -0.383 e. The summed E-state index contributed by atoms with van der Waals surface area (Å²) in [5.74, 6) is 1.34. The second-order valence-electron chi connectivity index (χ2n) is 4.17. The highest BCUT2D eigenvalue weighted by atomic mass is 15.2. The number of hydrogen-bond acceptors (Lipinski definition) is 5. The first-order valence-electron chi connectivity index (χ1n) is 5.80. The highest BCUT2D eigenvalue weighted by Gasteiger charge is 2.05. The first-order chi connectivity index (χ1) is 8.65. The summed E-state index contributed by atoms with van der Waals surface area (Å²) in [7, 11) is 1.96. The topological polar surface area (TPSA) is 81.1 Å². The summed E-state index contributed by atoms with van der Waals surface area (Å²) in [5.41, 5.74) is 12.5. The number of rotatable bonds is 4. The summed E-state index contributed by atoms with van der Waals surface area (Å²) >= 11 is 0. The van der Waals surface area contributed by atoms with Crippen molar-refractivity contribution >= 4 is 17.6 Å². The van der Waals surface area contributed by atoms with Crippen LogP contribution in [-0.4, -0.2) is 23.6 Å². The number of nitrogen functional groups attached to an aromatic ring is 2. The van der Waals surface area contributed by atoms with Crippen molar-refractivity contribution < 1.29 is 0 Å². The molecule has 0 fully saturated rings. The van der Waals surface area contributed by atoms with E-state index < -0.39 is 0 Å². The molecule has 2 rings (SSSR count). The standard InChI is InChI=1S/C13H17N5/c1-18(8-7-10-5-3-2-4-6-10)12-9-11(14)16-13(15)17-12/h2-6,9H,7-8H2,1H3,(H4,14,15,16,17). The Labute approximate surface area is 106 Å². The van der Waals surface area contributed by atoms with Gasteiger partial charge in [0.15, 0.2) is 0 Å². The minimum atomic E-state index is 0.205. The predicted molar refractivity (Wildman–Crippen MR) is 74.3 cm³/mol. The van der Waals surface area contributed by atoms with Gasteiger partial charge in [0.25, 0.3) is 0 Å². The van der Waals surface area contributed by atoms with Crippen LogP contribution in [0.3, 0.4) is 0 Å². The molecule has 0 aliphatic rings. The Kier molecular flexibility index (Phi) is 3.62. The summed E-state index contributed by atoms with van der Waals surface area (Å²) in [6.45, 7) is 0.847. The van der Waals surface area contributed by atoms with E-state index >= 15 is 0 Å². The minimum absolute atomic E-state index is 0.205. The summed E-state index contributed by atoms with van der Waals surface area (Å²) in [6.07, 6.45) is 0.946. The largest absolute Gasteiger partial charge is 0.383 e. The second-order valence-corrected chi connectivity index (χ2v) is 4.17. The van der Waals surface area contributed by atoms with Crippen molar-refractivity contribution in [1.29, 1.82) is 0 Å². The first-order valence-corrected chi connectivity index (χ1v) is 5.80. The van der Waals surface area contributed by atoms with Gasteiger partial charge < -0.3 is 16.4 Å². The molecule has 0 amide bonds. The molecule has 0 atom stereocenters. The van der Waals surface area contributed by atoms with Crippen LogP contribution in [0.4, 0.5) is 17.6 Å². The van der Waals surface area contributed by atoms with Crippen LogP contribution in [0.1, 0.15) is 5.56 Å². The average Bonchev–Trinajstić information content (AvgIpc) is 2.36. The number of anilines is 3. The second kappa shape index (κ2) is 5.35. The molecule has 0 saturated heterocycles. The van der Waals surface area contributed by atoms with Crippen molar-refractivity contribution in [3.05, 3.63) is 42.0 Å². The van der Waals surface area contributed by atoms with Crippen molar-refractivity contribution in [2.45, 2.75) is 6.42 Å². The molecular formula is C13H17N5. The van der Waals surface area contributed by atoms with Gasteiger partial charge in [0, 0.05) is 19.7 Å². The smallest absolute Gasteiger partial charge is 0.223 e. The van der Waals surface area contributed by atoms with Crippen LogP contribution in [0.15, 0.2) is 36.4 Å². The molecule has 1 aromatic heterocycles. The monoisotopic (exact) mass is 243 g/mol. The van der Waals surface area contributed by atoms with Gasteiger partial charge in [0.05, 0.1) is 0 Å². The maximum absolute atomic E-state index is 5.65. The number of aromatic nitrogens is 2. The third kappa shape index (κ3) is 3.10. The number of nitrogens with zero attached hydrogens (tertiary/aromatic N) is 3. The Morgan fingerprint density at radius 2 is 1.83 bits per heavy atom. The van der Waals surface area contributed by atoms with E-state index in [1.165, 1.54) is 5.56 Å². The van der Waals surface area contributed by atoms with Crippen LogP contribution in [0, 0.1) is 0 Å². The lowest BCUT2D eigenvalue weighted by Crippen LogP contribution is -2.22. The van der Waals surface area contributed by atoms with Gasteiger partial charge in [0.2, 0.25) is 5.95 Å². The van der Waals surface area contributed by atoms with Crippen molar-refractivity contribution in [1.82, 2.24) is 9.97 Å². The van der Waals surface area contributed by atoms with Gasteiger partial charge >= 0.3 is 0 Å². The third-order valence-corrected chi connectivity index (χ3v) is 2.72. The van der Waals surface area contributed by atoms with Crippen LogP contribution < -0.4 is 16.4 Å². The van der Waals surface area contributed by atoms with Crippen molar-refractivity contribution in [3.63, 3.8) is 0 Å². The SMILES string of the molecule is CN(CCc1ccccc1)c1cc(N)nc(N)n1. The van der Waals surface area contributed by atoms with E-state index in [4.69, 9.17) is 11.5 Å². The number of nitrogens with two attached hydrogens (primary N) is 2. The van der Waals surface area contributed by atoms with Crippen molar-refractivity contribution in [2.75, 3.05) is 30.0 Å². The molecule has 94 valence electrons. The lowest BCUT2D eigenvalue weighted by atomic mass is 10.1. The van der Waals surface area contributed by atoms with Gasteiger partial charge in [-0.3, -0.25) is 0 Å². The molecule has 0 spiro atoms. The maximum atomic E-state index is 5.65. The van der Waals surface area contributed by atoms with E-state index in [0.29, 0.717) is 5.82 Å². The number of likely N-dealkylation sites (N-methyl/N-ethyl adjacent to an activating group) is 1. The van der Waals surface area contributed by atoms with E-state index in [1.54, 1.807) is 6.07 Å². The fraction of sp³-hybridized carbons (Fsp3) is 0.231. The summed E-state index contributed by atoms with van der Waals surface area (Å²) in [6, 6.07) is 12.0. The molecule has 2 aromatic rings. The predicted octanol–water partition coefficient (Wildman–Crippen LogP) is 1.32. The molecule has 1 aromatic carbocycles. The van der Waals surface area contributed by atoms with Crippen molar-refractivity contribution in [2.24, 2.45) is 0 Å². The molecule has 0 bridgehead atoms. The van der Waals surface area contributed by atoms with E-state index in [2.05, 4.69) is 22.1 Å². The van der Waals surface area contributed by atoms with E-state index in [0.717, 1.165) is 18.8 Å². The third-order valence-electron chi connectivity index (χ3n) is 2.72. The van der Waals surface area contributed by atoms with Crippen LogP contribution in [0.25, 0.3) is 0 Å². The normalized spacial score (nSPS) is 10.3. The zero-order valence-corrected chi connectivity index (χ0v) is 10.4. The van der Waals surface area contributed by atoms with Crippen LogP contribution >= 0.6 is 0 Å². The number of hydrogen-bond donors (Lipinski definition) is 2. The highest BCUT2D eigenvalue weighted by Crippen LogP contribution is 2.14. The Balaban J connectivity index is 2.01. The van der Waals surface area contributed by atoms with Gasteiger partial charge in [-0.1, -0.05) is 30.3 Å². The molecule has 1 heterocycles. The van der Waals surface area contributed by atoms with Crippen LogP contribution in [-0.2, 0) is 6.42 Å². The van der Waals surface area contributed by atoms with Gasteiger partial charge in [-0.15, -0.1) is 0 Å². The Morgan fingerprint density at radius 1 is 1.11 bits per heavy atom. The highest BCUT2D eigenvalue weighted by molar-refractivity contribution is 5.49.